The second-order valence-electron chi connectivity index (χ2n) is 3.63. The molecule has 4 nitrogen and oxygen atoms in total. The molecule has 2 aromatic carbocycles. The Balaban J connectivity index is 2.27. The van der Waals surface area contributed by atoms with Gasteiger partial charge in [-0.3, -0.25) is 0 Å². The van der Waals surface area contributed by atoms with Crippen molar-refractivity contribution >= 4 is 5.69 Å². The highest BCUT2D eigenvalue weighted by Gasteiger charge is 1.96. The molecule has 0 aliphatic heterocycles. The van der Waals surface area contributed by atoms with Crippen molar-refractivity contribution in [3.8, 4) is 23.3 Å². The van der Waals surface area contributed by atoms with E-state index in [1.54, 1.807) is 24.3 Å². The molecule has 2 rings (SSSR count). The van der Waals surface area contributed by atoms with E-state index in [4.69, 9.17) is 0 Å². The van der Waals surface area contributed by atoms with Crippen LogP contribution >= 0.6 is 0 Å². The van der Waals surface area contributed by atoms with E-state index in [0.717, 1.165) is 0 Å². The summed E-state index contributed by atoms with van der Waals surface area (Å²) in [6, 6.07) is 10.6. The summed E-state index contributed by atoms with van der Waals surface area (Å²) in [5.74, 6) is 5.57. The second kappa shape index (κ2) is 5.02. The highest BCUT2D eigenvalue weighted by atomic mass is 16.3. The lowest BCUT2D eigenvalue weighted by atomic mass is 10.1. The van der Waals surface area contributed by atoms with Crippen LogP contribution < -0.4 is 0 Å². The quantitative estimate of drug-likeness (QED) is 0.593. The lowest BCUT2D eigenvalue weighted by Gasteiger charge is -1.95. The van der Waals surface area contributed by atoms with Crippen molar-refractivity contribution in [3.63, 3.8) is 0 Å². The van der Waals surface area contributed by atoms with Gasteiger partial charge in [0.1, 0.15) is 17.2 Å². The zero-order chi connectivity index (χ0) is 13.0. The number of rotatable bonds is 1. The minimum absolute atomic E-state index is 0.0418. The predicted octanol–water partition coefficient (Wildman–Crippen LogP) is 2.90. The van der Waals surface area contributed by atoms with Gasteiger partial charge in [-0.2, -0.15) is 0 Å². The van der Waals surface area contributed by atoms with Crippen molar-refractivity contribution in [2.45, 2.75) is 0 Å². The number of phenolic OH excluding ortho intramolecular Hbond substituents is 2. The fourth-order valence-corrected chi connectivity index (χ4v) is 1.42. The van der Waals surface area contributed by atoms with Gasteiger partial charge in [0, 0.05) is 17.2 Å². The maximum Gasteiger partial charge on any atom is 0.120 e. The first-order valence-electron chi connectivity index (χ1n) is 5.16. The second-order valence-corrected chi connectivity index (χ2v) is 3.63. The third-order valence-corrected chi connectivity index (χ3v) is 2.23. The molecule has 2 N–H and O–H groups in total. The topological polar surface area (TPSA) is 69.9 Å². The lowest BCUT2D eigenvalue weighted by Crippen LogP contribution is -1.76. The number of nitrogens with zero attached hydrogens (tertiary/aromatic N) is 1. The zero-order valence-corrected chi connectivity index (χ0v) is 9.29. The summed E-state index contributed by atoms with van der Waals surface area (Å²) in [6.07, 6.45) is 0. The van der Waals surface area contributed by atoms with Gasteiger partial charge in [0.2, 0.25) is 0 Å². The van der Waals surface area contributed by atoms with E-state index in [0.29, 0.717) is 16.8 Å². The molecule has 2 aromatic rings. The van der Waals surface area contributed by atoms with E-state index in [-0.39, 0.29) is 11.5 Å². The number of nitroso groups, excluding NO2 is 1. The van der Waals surface area contributed by atoms with E-state index in [9.17, 15) is 15.1 Å². The van der Waals surface area contributed by atoms with Gasteiger partial charge in [0.25, 0.3) is 0 Å². The number of phenols is 2. The van der Waals surface area contributed by atoms with Crippen LogP contribution in [0.1, 0.15) is 11.1 Å². The summed E-state index contributed by atoms with van der Waals surface area (Å²) < 4.78 is 0. The van der Waals surface area contributed by atoms with Gasteiger partial charge in [-0.05, 0) is 41.6 Å². The van der Waals surface area contributed by atoms with Gasteiger partial charge in [0.05, 0.1) is 0 Å². The molecular weight excluding hydrogens is 230 g/mol. The van der Waals surface area contributed by atoms with E-state index in [2.05, 4.69) is 17.0 Å². The van der Waals surface area contributed by atoms with Gasteiger partial charge < -0.3 is 10.2 Å². The van der Waals surface area contributed by atoms with Gasteiger partial charge in [0.15, 0.2) is 0 Å². The van der Waals surface area contributed by atoms with Gasteiger partial charge in [-0.15, -0.1) is 4.91 Å². The molecule has 0 spiro atoms. The Hall–Kier alpha value is -2.80. The number of hydrogen-bond donors (Lipinski definition) is 2. The summed E-state index contributed by atoms with van der Waals surface area (Å²) in [5.41, 5.74) is 1.56. The minimum Gasteiger partial charge on any atom is -0.508 e. The Bertz CT molecular complexity index is 616. The molecule has 0 atom stereocenters. The van der Waals surface area contributed by atoms with Crippen molar-refractivity contribution in [2.75, 3.05) is 0 Å². The molecule has 0 saturated heterocycles. The van der Waals surface area contributed by atoms with Crippen molar-refractivity contribution in [3.05, 3.63) is 58.5 Å². The third-order valence-electron chi connectivity index (χ3n) is 2.23. The molecule has 0 unspecified atom stereocenters. The van der Waals surface area contributed by atoms with Crippen LogP contribution in [0.25, 0.3) is 0 Å². The Labute approximate surface area is 104 Å². The van der Waals surface area contributed by atoms with E-state index in [1.165, 1.54) is 18.2 Å². The first kappa shape index (κ1) is 11.7. The van der Waals surface area contributed by atoms with Crippen LogP contribution in [-0.2, 0) is 0 Å². The fourth-order valence-electron chi connectivity index (χ4n) is 1.42. The van der Waals surface area contributed by atoms with Crippen molar-refractivity contribution < 1.29 is 10.2 Å². The van der Waals surface area contributed by atoms with E-state index >= 15 is 0 Å². The fraction of sp³-hybridized carbons (Fsp3) is 0. The average molecular weight is 239 g/mol. The minimum atomic E-state index is -0.0418. The molecular formula is C14H9NO3. The normalized spacial score (nSPS) is 9.33. The highest BCUT2D eigenvalue weighted by Crippen LogP contribution is 2.19. The Morgan fingerprint density at radius 1 is 0.833 bits per heavy atom. The van der Waals surface area contributed by atoms with Crippen LogP contribution in [0.4, 0.5) is 5.69 Å². The number of benzene rings is 2. The van der Waals surface area contributed by atoms with Gasteiger partial charge in [-0.1, -0.05) is 11.8 Å². The maximum absolute atomic E-state index is 10.2. The van der Waals surface area contributed by atoms with Gasteiger partial charge >= 0.3 is 0 Å². The average Bonchev–Trinajstić information content (AvgIpc) is 2.36. The van der Waals surface area contributed by atoms with Crippen LogP contribution in [0.2, 0.25) is 0 Å². The maximum atomic E-state index is 10.2. The molecule has 0 saturated carbocycles. The summed E-state index contributed by atoms with van der Waals surface area (Å²) in [6.45, 7) is 0. The summed E-state index contributed by atoms with van der Waals surface area (Å²) in [4.78, 5) is 10.2. The molecule has 0 aromatic heterocycles. The van der Waals surface area contributed by atoms with Crippen LogP contribution in [0.3, 0.4) is 0 Å². The van der Waals surface area contributed by atoms with Crippen LogP contribution in [0, 0.1) is 16.7 Å². The summed E-state index contributed by atoms with van der Waals surface area (Å²) >= 11 is 0. The smallest absolute Gasteiger partial charge is 0.120 e. The molecule has 18 heavy (non-hydrogen) atoms. The third kappa shape index (κ3) is 2.86. The monoisotopic (exact) mass is 239 g/mol. The molecule has 0 heterocycles. The van der Waals surface area contributed by atoms with Crippen LogP contribution in [0.15, 0.2) is 47.6 Å². The standard InChI is InChI=1S/C14H9NO3/c16-13-7-11(8-14(17)9-13)2-1-10-3-5-12(15-18)6-4-10/h3-9,16-17H. The molecule has 4 heteroatoms. The molecule has 0 fully saturated rings. The van der Waals surface area contributed by atoms with Crippen molar-refractivity contribution in [2.24, 2.45) is 5.18 Å². The Kier molecular flexibility index (Phi) is 3.26. The van der Waals surface area contributed by atoms with E-state index < -0.39 is 0 Å². The lowest BCUT2D eigenvalue weighted by molar-refractivity contribution is 0.450. The SMILES string of the molecule is O=Nc1ccc(C#Cc2cc(O)cc(O)c2)cc1. The zero-order valence-electron chi connectivity index (χ0n) is 9.29. The van der Waals surface area contributed by atoms with Crippen LogP contribution in [-0.4, -0.2) is 10.2 Å². The molecule has 0 amide bonds. The summed E-state index contributed by atoms with van der Waals surface area (Å²) in [5, 5.41) is 21.4. The summed E-state index contributed by atoms with van der Waals surface area (Å²) in [7, 11) is 0. The number of hydrogen-bond acceptors (Lipinski definition) is 4. The number of aromatic hydroxyl groups is 2. The van der Waals surface area contributed by atoms with Crippen molar-refractivity contribution in [1.82, 2.24) is 0 Å². The molecule has 0 aliphatic rings. The first-order chi connectivity index (χ1) is 8.67. The molecule has 0 bridgehead atoms. The van der Waals surface area contributed by atoms with Crippen LogP contribution in [0.5, 0.6) is 11.5 Å². The largest absolute Gasteiger partial charge is 0.508 e. The van der Waals surface area contributed by atoms with Gasteiger partial charge in [-0.25, -0.2) is 0 Å². The Morgan fingerprint density at radius 2 is 1.39 bits per heavy atom. The van der Waals surface area contributed by atoms with Crippen molar-refractivity contribution in [1.29, 1.82) is 0 Å². The molecule has 88 valence electrons. The van der Waals surface area contributed by atoms with E-state index in [1.807, 2.05) is 0 Å². The molecule has 0 aliphatic carbocycles. The predicted molar refractivity (Wildman–Crippen MR) is 67.6 cm³/mol. The Morgan fingerprint density at radius 3 is 1.94 bits per heavy atom. The molecule has 0 radical (unpaired) electrons. The highest BCUT2D eigenvalue weighted by molar-refractivity contribution is 5.50. The first-order valence-corrected chi connectivity index (χ1v) is 5.16.